The summed E-state index contributed by atoms with van der Waals surface area (Å²) in [5, 5.41) is 0. The molecule has 0 saturated carbocycles. The van der Waals surface area contributed by atoms with Crippen LogP contribution in [0.25, 0.3) is 0 Å². The van der Waals surface area contributed by atoms with Crippen LogP contribution in [0.4, 0.5) is 0 Å². The van der Waals surface area contributed by atoms with E-state index in [9.17, 15) is 0 Å². The van der Waals surface area contributed by atoms with Crippen LogP contribution < -0.4 is 0 Å². The van der Waals surface area contributed by atoms with Crippen LogP contribution in [0.2, 0.25) is 0 Å². The van der Waals surface area contributed by atoms with Crippen LogP contribution in [0.15, 0.2) is 231 Å². The van der Waals surface area contributed by atoms with Crippen molar-refractivity contribution in [2.75, 3.05) is 0 Å². The SMILES string of the molecule is [Cr].c1ccc(C(c2ccccc2)(c2ccccc2)[c-]2[cH-][cH-][cH-][cH-]2)cc1.c1ccc(C(c2ccccc2)(c2ccccc2)[c-]2cccc2)cc1. The quantitative estimate of drug-likeness (QED) is 0.112. The molecule has 0 heterocycles. The largest absolute Gasteiger partial charge is 0.748 e. The van der Waals surface area contributed by atoms with E-state index < -0.39 is 0 Å². The van der Waals surface area contributed by atoms with Crippen LogP contribution in [-0.4, -0.2) is 0 Å². The van der Waals surface area contributed by atoms with Crippen molar-refractivity contribution in [1.29, 1.82) is 0 Å². The maximum absolute atomic E-state index is 2.23. The van der Waals surface area contributed by atoms with E-state index in [1.54, 1.807) is 0 Å². The zero-order valence-electron chi connectivity index (χ0n) is 27.3. The third kappa shape index (κ3) is 6.40. The molecule has 0 fully saturated rings. The molecule has 242 valence electrons. The smallest absolute Gasteiger partial charge is 0.0257 e. The van der Waals surface area contributed by atoms with Gasteiger partial charge in [-0.2, -0.15) is 12.1 Å². The molecule has 0 spiro atoms. The minimum atomic E-state index is -0.298. The van der Waals surface area contributed by atoms with Gasteiger partial charge in [-0.15, -0.1) is 11.0 Å². The summed E-state index contributed by atoms with van der Waals surface area (Å²) in [6.07, 6.45) is 0. The van der Waals surface area contributed by atoms with E-state index in [1.165, 1.54) is 44.5 Å². The summed E-state index contributed by atoms with van der Waals surface area (Å²) in [5.74, 6) is 0. The average Bonchev–Trinajstić information content (AvgIpc) is 3.92. The Balaban J connectivity index is 0.000000167. The molecule has 1 heteroatoms. The fourth-order valence-electron chi connectivity index (χ4n) is 7.38. The van der Waals surface area contributed by atoms with E-state index in [-0.39, 0.29) is 28.2 Å². The van der Waals surface area contributed by atoms with Crippen molar-refractivity contribution in [3.63, 3.8) is 0 Å². The predicted octanol–water partition coefficient (Wildman–Crippen LogP) is 11.6. The molecule has 0 bridgehead atoms. The Bertz CT molecular complexity index is 1720. The van der Waals surface area contributed by atoms with Gasteiger partial charge in [0.2, 0.25) is 0 Å². The maximum Gasteiger partial charge on any atom is 0.0257 e. The van der Waals surface area contributed by atoms with E-state index in [2.05, 4.69) is 231 Å². The van der Waals surface area contributed by atoms with E-state index in [0.29, 0.717) is 0 Å². The number of hydrogen-bond acceptors (Lipinski definition) is 0. The van der Waals surface area contributed by atoms with Crippen molar-refractivity contribution >= 4 is 0 Å². The number of benzene rings is 6. The summed E-state index contributed by atoms with van der Waals surface area (Å²) in [5.41, 5.74) is 9.71. The van der Waals surface area contributed by atoms with Crippen molar-refractivity contribution in [2.24, 2.45) is 0 Å². The van der Waals surface area contributed by atoms with Gasteiger partial charge in [0, 0.05) is 22.8 Å². The Morgan fingerprint density at radius 3 is 0.816 bits per heavy atom. The topological polar surface area (TPSA) is 0 Å². The summed E-state index contributed by atoms with van der Waals surface area (Å²) >= 11 is 0. The fourth-order valence-corrected chi connectivity index (χ4v) is 7.38. The van der Waals surface area contributed by atoms with Crippen molar-refractivity contribution in [1.82, 2.24) is 0 Å². The molecule has 0 unspecified atom stereocenters. The fraction of sp³-hybridized carbons (Fsp3) is 0.0417. The molecule has 8 rings (SSSR count). The molecule has 0 saturated heterocycles. The van der Waals surface area contributed by atoms with Gasteiger partial charge >= 0.3 is 0 Å². The predicted molar refractivity (Wildman–Crippen MR) is 201 cm³/mol. The van der Waals surface area contributed by atoms with Crippen molar-refractivity contribution in [3.8, 4) is 0 Å². The van der Waals surface area contributed by atoms with Gasteiger partial charge in [-0.3, -0.25) is 0 Å². The van der Waals surface area contributed by atoms with Crippen molar-refractivity contribution in [2.45, 2.75) is 10.8 Å². The van der Waals surface area contributed by atoms with Crippen molar-refractivity contribution < 1.29 is 17.4 Å². The molecule has 0 aliphatic heterocycles. The minimum Gasteiger partial charge on any atom is -0.748 e. The molecule has 0 atom stereocenters. The van der Waals surface area contributed by atoms with Crippen LogP contribution in [0.1, 0.15) is 44.5 Å². The molecule has 0 nitrogen and oxygen atoms in total. The van der Waals surface area contributed by atoms with Gasteiger partial charge in [0.1, 0.15) is 0 Å². The molecule has 49 heavy (non-hydrogen) atoms. The summed E-state index contributed by atoms with van der Waals surface area (Å²) in [6.45, 7) is 0. The standard InChI is InChI=1S/2C24H19.Cr/c2*1-4-12-20(13-5-1)24(23-18-10-11-19-23,21-14-6-2-7-15-21)22-16-8-3-9-17-22;/h2*1-19H;/q-5;-1;. The zero-order valence-corrected chi connectivity index (χ0v) is 28.6. The summed E-state index contributed by atoms with van der Waals surface area (Å²) in [6, 6.07) is 82.1. The molecule has 0 aliphatic carbocycles. The first-order chi connectivity index (χ1) is 23.8. The molecule has 0 radical (unpaired) electrons. The van der Waals surface area contributed by atoms with E-state index >= 15 is 0 Å². The normalized spacial score (nSPS) is 11.1. The van der Waals surface area contributed by atoms with Gasteiger partial charge in [-0.25, -0.2) is 12.1 Å². The molecule has 0 aromatic heterocycles. The Morgan fingerprint density at radius 2 is 0.551 bits per heavy atom. The molecular formula is C48H38Cr-6. The van der Waals surface area contributed by atoms with Crippen LogP contribution in [0.5, 0.6) is 0 Å². The second-order valence-electron chi connectivity index (χ2n) is 12.0. The van der Waals surface area contributed by atoms with Crippen molar-refractivity contribution in [3.05, 3.63) is 275 Å². The summed E-state index contributed by atoms with van der Waals surface area (Å²) in [7, 11) is 0. The Kier molecular flexibility index (Phi) is 10.7. The van der Waals surface area contributed by atoms with E-state index in [0.717, 1.165) is 0 Å². The van der Waals surface area contributed by atoms with Gasteiger partial charge in [0.15, 0.2) is 0 Å². The maximum atomic E-state index is 2.23. The third-order valence-electron chi connectivity index (χ3n) is 9.43. The zero-order chi connectivity index (χ0) is 32.5. The number of hydrogen-bond donors (Lipinski definition) is 0. The molecule has 0 aliphatic rings. The first-order valence-corrected chi connectivity index (χ1v) is 16.6. The second-order valence-corrected chi connectivity index (χ2v) is 12.0. The summed E-state index contributed by atoms with van der Waals surface area (Å²) < 4.78 is 0. The Morgan fingerprint density at radius 1 is 0.306 bits per heavy atom. The average molecular weight is 667 g/mol. The summed E-state index contributed by atoms with van der Waals surface area (Å²) in [4.78, 5) is 0. The van der Waals surface area contributed by atoms with Crippen LogP contribution >= 0.6 is 0 Å². The van der Waals surface area contributed by atoms with E-state index in [1.807, 2.05) is 0 Å². The molecule has 8 aromatic rings. The molecule has 0 amide bonds. The number of rotatable bonds is 8. The Labute approximate surface area is 301 Å². The second kappa shape index (κ2) is 15.6. The van der Waals surface area contributed by atoms with Crippen LogP contribution in [0.3, 0.4) is 0 Å². The molecule has 0 N–H and O–H groups in total. The Hall–Kier alpha value is -5.45. The van der Waals surface area contributed by atoms with Gasteiger partial charge < -0.3 is 29.8 Å². The molecule has 8 aromatic carbocycles. The van der Waals surface area contributed by atoms with Gasteiger partial charge in [0.05, 0.1) is 0 Å². The van der Waals surface area contributed by atoms with Gasteiger partial charge in [-0.05, 0) is 16.7 Å². The van der Waals surface area contributed by atoms with E-state index in [4.69, 9.17) is 0 Å². The van der Waals surface area contributed by atoms with Gasteiger partial charge in [0.25, 0.3) is 0 Å². The van der Waals surface area contributed by atoms with Crippen LogP contribution in [-0.2, 0) is 28.2 Å². The first-order valence-electron chi connectivity index (χ1n) is 16.6. The monoisotopic (exact) mass is 666 g/mol. The molecular weight excluding hydrogens is 629 g/mol. The minimum absolute atomic E-state index is 0. The van der Waals surface area contributed by atoms with Gasteiger partial charge in [-0.1, -0.05) is 199 Å². The third-order valence-corrected chi connectivity index (χ3v) is 9.43. The first kappa shape index (κ1) is 33.5. The van der Waals surface area contributed by atoms with Crippen LogP contribution in [0, 0.1) is 0 Å².